The number of aromatic nitrogens is 1. The second kappa shape index (κ2) is 6.00. The Balaban J connectivity index is 2.47. The topological polar surface area (TPSA) is 81.4 Å². The highest BCUT2D eigenvalue weighted by Gasteiger charge is 2.25. The van der Waals surface area contributed by atoms with Crippen LogP contribution in [0, 0.1) is 13.8 Å². The summed E-state index contributed by atoms with van der Waals surface area (Å²) >= 11 is 0. The maximum absolute atomic E-state index is 12.6. The normalized spacial score (nSPS) is 11.7. The van der Waals surface area contributed by atoms with Gasteiger partial charge in [-0.25, -0.2) is 8.42 Å². The molecular weight excluding hydrogens is 304 g/mol. The van der Waals surface area contributed by atoms with Gasteiger partial charge in [-0.3, -0.25) is 4.72 Å². The molecule has 0 amide bonds. The molecule has 120 valence electrons. The van der Waals surface area contributed by atoms with Crippen LogP contribution in [0.2, 0.25) is 0 Å². The number of methoxy groups -OCH3 is 1. The van der Waals surface area contributed by atoms with E-state index in [1.165, 1.54) is 7.11 Å². The third kappa shape index (κ3) is 3.09. The van der Waals surface area contributed by atoms with Crippen LogP contribution >= 0.6 is 0 Å². The Morgan fingerprint density at radius 1 is 1.27 bits per heavy atom. The molecule has 0 spiro atoms. The lowest BCUT2D eigenvalue weighted by Gasteiger charge is -2.14. The fourth-order valence-electron chi connectivity index (χ4n) is 2.22. The largest absolute Gasteiger partial charge is 0.495 e. The predicted molar refractivity (Wildman–Crippen MR) is 83.9 cm³/mol. The van der Waals surface area contributed by atoms with Crippen molar-refractivity contribution in [1.29, 1.82) is 0 Å². The molecule has 0 atom stereocenters. The molecule has 1 heterocycles. The molecule has 0 radical (unpaired) electrons. The lowest BCUT2D eigenvalue weighted by atomic mass is 10.0. The Labute approximate surface area is 130 Å². The molecule has 6 nitrogen and oxygen atoms in total. The molecule has 2 aromatic rings. The van der Waals surface area contributed by atoms with Gasteiger partial charge < -0.3 is 9.26 Å². The lowest BCUT2D eigenvalue weighted by molar-refractivity contribution is 0.390. The van der Waals surface area contributed by atoms with E-state index in [9.17, 15) is 8.42 Å². The quantitative estimate of drug-likeness (QED) is 0.913. The van der Waals surface area contributed by atoms with E-state index >= 15 is 0 Å². The average molecular weight is 324 g/mol. The van der Waals surface area contributed by atoms with E-state index in [2.05, 4.69) is 9.88 Å². The van der Waals surface area contributed by atoms with Crippen molar-refractivity contribution in [3.63, 3.8) is 0 Å². The van der Waals surface area contributed by atoms with Gasteiger partial charge in [0.2, 0.25) is 0 Å². The zero-order valence-corrected chi connectivity index (χ0v) is 14.1. The SMILES string of the molecule is COc1ccc(C(C)C)cc1NS(=O)(=O)c1c(C)noc1C. The van der Waals surface area contributed by atoms with Gasteiger partial charge in [-0.2, -0.15) is 0 Å². The molecule has 0 aliphatic rings. The van der Waals surface area contributed by atoms with Crippen molar-refractivity contribution in [2.75, 3.05) is 11.8 Å². The highest BCUT2D eigenvalue weighted by Crippen LogP contribution is 2.31. The van der Waals surface area contributed by atoms with Crippen molar-refractivity contribution in [3.8, 4) is 5.75 Å². The Morgan fingerprint density at radius 2 is 1.95 bits per heavy atom. The van der Waals surface area contributed by atoms with Crippen LogP contribution in [-0.4, -0.2) is 20.7 Å². The van der Waals surface area contributed by atoms with Crippen LogP contribution in [0.5, 0.6) is 5.75 Å². The van der Waals surface area contributed by atoms with E-state index in [1.807, 2.05) is 19.9 Å². The number of aryl methyl sites for hydroxylation is 2. The van der Waals surface area contributed by atoms with Crippen molar-refractivity contribution in [2.45, 2.75) is 38.5 Å². The van der Waals surface area contributed by atoms with Gasteiger partial charge in [-0.05, 0) is 37.5 Å². The van der Waals surface area contributed by atoms with E-state index in [4.69, 9.17) is 9.26 Å². The maximum atomic E-state index is 12.6. The van der Waals surface area contributed by atoms with Gasteiger partial charge in [0, 0.05) is 0 Å². The number of anilines is 1. The van der Waals surface area contributed by atoms with Crippen molar-refractivity contribution < 1.29 is 17.7 Å². The number of ether oxygens (including phenoxy) is 1. The fraction of sp³-hybridized carbons (Fsp3) is 0.400. The monoisotopic (exact) mass is 324 g/mol. The smallest absolute Gasteiger partial charge is 0.267 e. The minimum absolute atomic E-state index is 0.0597. The molecule has 2 rings (SSSR count). The first-order valence-corrected chi connectivity index (χ1v) is 8.38. The summed E-state index contributed by atoms with van der Waals surface area (Å²) < 4.78 is 37.9. The number of hydrogen-bond acceptors (Lipinski definition) is 5. The van der Waals surface area contributed by atoms with Crippen LogP contribution in [0.1, 0.15) is 36.8 Å². The Bertz CT molecular complexity index is 759. The third-order valence-electron chi connectivity index (χ3n) is 3.37. The molecular formula is C15H20N2O4S. The summed E-state index contributed by atoms with van der Waals surface area (Å²) in [6, 6.07) is 5.44. The summed E-state index contributed by atoms with van der Waals surface area (Å²) in [7, 11) is -2.29. The van der Waals surface area contributed by atoms with Crippen LogP contribution < -0.4 is 9.46 Å². The molecule has 0 saturated heterocycles. The second-order valence-electron chi connectivity index (χ2n) is 5.37. The molecule has 22 heavy (non-hydrogen) atoms. The minimum atomic E-state index is -3.79. The summed E-state index contributed by atoms with van der Waals surface area (Å²) in [5.41, 5.74) is 1.73. The van der Waals surface area contributed by atoms with Crippen LogP contribution in [0.3, 0.4) is 0 Å². The summed E-state index contributed by atoms with van der Waals surface area (Å²) in [5.74, 6) is 0.983. The van der Waals surface area contributed by atoms with Gasteiger partial charge in [0.05, 0.1) is 12.8 Å². The van der Waals surface area contributed by atoms with Crippen LogP contribution in [0.4, 0.5) is 5.69 Å². The first-order valence-electron chi connectivity index (χ1n) is 6.90. The van der Waals surface area contributed by atoms with Crippen LogP contribution in [-0.2, 0) is 10.0 Å². The molecule has 7 heteroatoms. The van der Waals surface area contributed by atoms with Gasteiger partial charge in [0.1, 0.15) is 11.4 Å². The number of sulfonamides is 1. The van der Waals surface area contributed by atoms with Crippen LogP contribution in [0.15, 0.2) is 27.6 Å². The van der Waals surface area contributed by atoms with Gasteiger partial charge in [0.15, 0.2) is 10.7 Å². The maximum Gasteiger partial charge on any atom is 0.267 e. The Hall–Kier alpha value is -2.02. The Morgan fingerprint density at radius 3 is 2.45 bits per heavy atom. The third-order valence-corrected chi connectivity index (χ3v) is 4.98. The first kappa shape index (κ1) is 16.4. The summed E-state index contributed by atoms with van der Waals surface area (Å²) in [6.45, 7) is 7.23. The zero-order valence-electron chi connectivity index (χ0n) is 13.3. The van der Waals surface area contributed by atoms with Crippen LogP contribution in [0.25, 0.3) is 0 Å². The van der Waals surface area contributed by atoms with Gasteiger partial charge >= 0.3 is 0 Å². The highest BCUT2D eigenvalue weighted by atomic mass is 32.2. The molecule has 0 bridgehead atoms. The van der Waals surface area contributed by atoms with Crippen molar-refractivity contribution >= 4 is 15.7 Å². The summed E-state index contributed by atoms with van der Waals surface area (Å²) in [6.07, 6.45) is 0. The fourth-order valence-corrected chi connectivity index (χ4v) is 3.61. The van der Waals surface area contributed by atoms with E-state index in [-0.39, 0.29) is 16.6 Å². The highest BCUT2D eigenvalue weighted by molar-refractivity contribution is 7.92. The van der Waals surface area contributed by atoms with E-state index in [1.54, 1.807) is 26.0 Å². The molecule has 0 fully saturated rings. The van der Waals surface area contributed by atoms with Gasteiger partial charge in [-0.15, -0.1) is 0 Å². The molecule has 0 aliphatic heterocycles. The zero-order chi connectivity index (χ0) is 16.5. The number of hydrogen-bond donors (Lipinski definition) is 1. The van der Waals surface area contributed by atoms with E-state index in [0.29, 0.717) is 17.1 Å². The molecule has 1 aromatic heterocycles. The molecule has 0 saturated carbocycles. The average Bonchev–Trinajstić information content (AvgIpc) is 2.78. The van der Waals surface area contributed by atoms with Gasteiger partial charge in [-0.1, -0.05) is 25.1 Å². The number of nitrogens with one attached hydrogen (secondary N) is 1. The summed E-state index contributed by atoms with van der Waals surface area (Å²) in [4.78, 5) is 0.0597. The van der Waals surface area contributed by atoms with Crippen molar-refractivity contribution in [3.05, 3.63) is 35.2 Å². The molecule has 1 aromatic carbocycles. The van der Waals surface area contributed by atoms with E-state index in [0.717, 1.165) is 5.56 Å². The number of nitrogens with zero attached hydrogens (tertiary/aromatic N) is 1. The number of benzene rings is 1. The Kier molecular flexibility index (Phi) is 4.46. The lowest BCUT2D eigenvalue weighted by Crippen LogP contribution is -2.15. The van der Waals surface area contributed by atoms with Crippen molar-refractivity contribution in [1.82, 2.24) is 5.16 Å². The second-order valence-corrected chi connectivity index (χ2v) is 6.99. The predicted octanol–water partition coefficient (Wildman–Crippen LogP) is 3.22. The standard InChI is InChI=1S/C15H20N2O4S/c1-9(2)12-6-7-14(20-5)13(8-12)17-22(18,19)15-10(3)16-21-11(15)4/h6-9,17H,1-5H3. The molecule has 1 N–H and O–H groups in total. The molecule has 0 aliphatic carbocycles. The first-order chi connectivity index (χ1) is 10.3. The summed E-state index contributed by atoms with van der Waals surface area (Å²) in [5, 5.41) is 3.69. The number of rotatable bonds is 5. The van der Waals surface area contributed by atoms with Gasteiger partial charge in [0.25, 0.3) is 10.0 Å². The minimum Gasteiger partial charge on any atom is -0.495 e. The molecule has 0 unspecified atom stereocenters. The van der Waals surface area contributed by atoms with E-state index < -0.39 is 10.0 Å². The van der Waals surface area contributed by atoms with Crippen molar-refractivity contribution in [2.24, 2.45) is 0 Å².